The Balaban J connectivity index is 1.33. The minimum absolute atomic E-state index is 0.216. The molecule has 3 aliphatic rings. The average molecular weight is 283 g/mol. The number of benzene rings is 1. The van der Waals surface area contributed by atoms with E-state index in [0.717, 1.165) is 24.2 Å². The van der Waals surface area contributed by atoms with Crippen molar-refractivity contribution in [1.29, 1.82) is 0 Å². The van der Waals surface area contributed by atoms with Crippen LogP contribution in [0.1, 0.15) is 50.5 Å². The Kier molecular flexibility index (Phi) is 3.28. The largest absolute Gasteiger partial charge is 0.353 e. The van der Waals surface area contributed by atoms with Gasteiger partial charge in [-0.1, -0.05) is 36.8 Å². The molecule has 2 nitrogen and oxygen atoms in total. The summed E-state index contributed by atoms with van der Waals surface area (Å²) in [6.07, 6.45) is 6.62. The summed E-state index contributed by atoms with van der Waals surface area (Å²) >= 11 is 0. The number of nitrogens with one attached hydrogen (secondary N) is 1. The van der Waals surface area contributed by atoms with Crippen LogP contribution in [0.4, 0.5) is 0 Å². The fourth-order valence-electron chi connectivity index (χ4n) is 4.90. The quantitative estimate of drug-likeness (QED) is 0.896. The third-order valence-electron chi connectivity index (χ3n) is 6.16. The predicted molar refractivity (Wildman–Crippen MR) is 83.8 cm³/mol. The maximum atomic E-state index is 12.5. The van der Waals surface area contributed by atoms with Crippen molar-refractivity contribution in [1.82, 2.24) is 5.32 Å². The molecular weight excluding hydrogens is 258 g/mol. The van der Waals surface area contributed by atoms with Crippen LogP contribution in [0.3, 0.4) is 0 Å². The first-order valence-electron chi connectivity index (χ1n) is 8.57. The summed E-state index contributed by atoms with van der Waals surface area (Å²) in [6, 6.07) is 10.8. The second-order valence-corrected chi connectivity index (χ2v) is 7.50. The van der Waals surface area contributed by atoms with Crippen LogP contribution in [0.2, 0.25) is 0 Å². The molecule has 0 saturated heterocycles. The highest BCUT2D eigenvalue weighted by atomic mass is 16.2. The molecule has 3 fully saturated rings. The molecule has 21 heavy (non-hydrogen) atoms. The van der Waals surface area contributed by atoms with Gasteiger partial charge in [-0.05, 0) is 61.8 Å². The van der Waals surface area contributed by atoms with Gasteiger partial charge in [-0.15, -0.1) is 0 Å². The molecule has 112 valence electrons. The normalized spacial score (nSPS) is 38.2. The minimum atomic E-state index is 0.216. The van der Waals surface area contributed by atoms with E-state index in [4.69, 9.17) is 0 Å². The molecule has 0 heterocycles. The Bertz CT molecular complexity index is 526. The van der Waals surface area contributed by atoms with E-state index in [0.29, 0.717) is 17.9 Å². The zero-order valence-corrected chi connectivity index (χ0v) is 12.8. The molecular formula is C19H25NO. The van der Waals surface area contributed by atoms with Crippen molar-refractivity contribution in [3.63, 3.8) is 0 Å². The van der Waals surface area contributed by atoms with Crippen molar-refractivity contribution in [3.05, 3.63) is 35.9 Å². The lowest BCUT2D eigenvalue weighted by Gasteiger charge is -2.28. The van der Waals surface area contributed by atoms with Gasteiger partial charge in [0.15, 0.2) is 0 Å². The van der Waals surface area contributed by atoms with Crippen molar-refractivity contribution in [2.75, 3.05) is 0 Å². The minimum Gasteiger partial charge on any atom is -0.353 e. The Morgan fingerprint density at radius 3 is 2.62 bits per heavy atom. The molecule has 6 atom stereocenters. The summed E-state index contributed by atoms with van der Waals surface area (Å²) in [6.45, 7) is 2.23. The summed E-state index contributed by atoms with van der Waals surface area (Å²) in [7, 11) is 0. The van der Waals surface area contributed by atoms with E-state index < -0.39 is 0 Å². The van der Waals surface area contributed by atoms with Crippen LogP contribution in [0, 0.1) is 23.7 Å². The van der Waals surface area contributed by atoms with E-state index in [2.05, 4.69) is 36.5 Å². The molecule has 0 radical (unpaired) electrons. The molecule has 1 amide bonds. The highest BCUT2D eigenvalue weighted by molar-refractivity contribution is 5.83. The van der Waals surface area contributed by atoms with Gasteiger partial charge in [-0.2, -0.15) is 0 Å². The van der Waals surface area contributed by atoms with E-state index in [1.165, 1.54) is 31.2 Å². The first kappa shape index (κ1) is 13.4. The van der Waals surface area contributed by atoms with E-state index in [1.54, 1.807) is 0 Å². The van der Waals surface area contributed by atoms with Crippen LogP contribution in [0.25, 0.3) is 0 Å². The fourth-order valence-corrected chi connectivity index (χ4v) is 4.90. The summed E-state index contributed by atoms with van der Waals surface area (Å²) in [5.74, 6) is 3.54. The van der Waals surface area contributed by atoms with Gasteiger partial charge in [0.05, 0.1) is 0 Å². The molecule has 1 aromatic rings. The van der Waals surface area contributed by atoms with Crippen LogP contribution < -0.4 is 5.32 Å². The van der Waals surface area contributed by atoms with Gasteiger partial charge in [0.2, 0.25) is 5.91 Å². The summed E-state index contributed by atoms with van der Waals surface area (Å²) in [5, 5.41) is 3.33. The molecule has 3 saturated carbocycles. The molecule has 0 aromatic heterocycles. The Morgan fingerprint density at radius 1 is 1.14 bits per heavy atom. The molecule has 3 aliphatic carbocycles. The van der Waals surface area contributed by atoms with E-state index in [1.807, 2.05) is 6.07 Å². The first-order chi connectivity index (χ1) is 10.2. The van der Waals surface area contributed by atoms with E-state index in [9.17, 15) is 4.79 Å². The standard InChI is InChI=1S/C19H25NO/c1-12(16-10-13-7-8-15(16)9-13)20-19(21)18-11-17(18)14-5-3-2-4-6-14/h2-6,12-13,15-18H,7-11H2,1H3,(H,20,21)/t12-,13+,15+,16-,17+,18-/m0/s1. The van der Waals surface area contributed by atoms with Crippen molar-refractivity contribution >= 4 is 5.91 Å². The van der Waals surface area contributed by atoms with Crippen LogP contribution in [-0.4, -0.2) is 11.9 Å². The zero-order valence-electron chi connectivity index (χ0n) is 12.8. The van der Waals surface area contributed by atoms with Gasteiger partial charge >= 0.3 is 0 Å². The Morgan fingerprint density at radius 2 is 1.95 bits per heavy atom. The van der Waals surface area contributed by atoms with Gasteiger partial charge in [0.25, 0.3) is 0 Å². The average Bonchev–Trinajstić information content (AvgIpc) is 3.03. The number of rotatable bonds is 4. The maximum Gasteiger partial charge on any atom is 0.223 e. The molecule has 2 heteroatoms. The topological polar surface area (TPSA) is 29.1 Å². The van der Waals surface area contributed by atoms with Crippen molar-refractivity contribution in [2.45, 2.75) is 51.0 Å². The summed E-state index contributed by atoms with van der Waals surface area (Å²) < 4.78 is 0. The monoisotopic (exact) mass is 283 g/mol. The van der Waals surface area contributed by atoms with Crippen molar-refractivity contribution < 1.29 is 4.79 Å². The highest BCUT2D eigenvalue weighted by Gasteiger charge is 2.46. The second-order valence-electron chi connectivity index (χ2n) is 7.50. The third-order valence-corrected chi connectivity index (χ3v) is 6.16. The number of carbonyl (C=O) groups excluding carboxylic acids is 1. The van der Waals surface area contributed by atoms with Gasteiger partial charge in [0.1, 0.15) is 0 Å². The molecule has 0 aliphatic heterocycles. The van der Waals surface area contributed by atoms with Gasteiger partial charge in [0, 0.05) is 12.0 Å². The van der Waals surface area contributed by atoms with E-state index >= 15 is 0 Å². The molecule has 0 unspecified atom stereocenters. The summed E-state index contributed by atoms with van der Waals surface area (Å²) in [4.78, 5) is 12.5. The SMILES string of the molecule is C[C@H](NC(=O)[C@H]1C[C@@H]1c1ccccc1)[C@@H]1C[C@@H]2CC[C@@H]1C2. The lowest BCUT2D eigenvalue weighted by molar-refractivity contribution is -0.123. The van der Waals surface area contributed by atoms with Gasteiger partial charge < -0.3 is 5.32 Å². The maximum absolute atomic E-state index is 12.5. The fraction of sp³-hybridized carbons (Fsp3) is 0.632. The van der Waals surface area contributed by atoms with Crippen LogP contribution in [0.15, 0.2) is 30.3 Å². The van der Waals surface area contributed by atoms with Crippen LogP contribution >= 0.6 is 0 Å². The lowest BCUT2D eigenvalue weighted by Crippen LogP contribution is -2.41. The summed E-state index contributed by atoms with van der Waals surface area (Å²) in [5.41, 5.74) is 1.32. The Labute approximate surface area is 127 Å². The van der Waals surface area contributed by atoms with E-state index in [-0.39, 0.29) is 5.92 Å². The molecule has 2 bridgehead atoms. The van der Waals surface area contributed by atoms with Gasteiger partial charge in [-0.25, -0.2) is 0 Å². The highest BCUT2D eigenvalue weighted by Crippen LogP contribution is 2.50. The molecule has 0 spiro atoms. The third kappa shape index (κ3) is 2.49. The first-order valence-corrected chi connectivity index (χ1v) is 8.57. The second kappa shape index (κ2) is 5.15. The Hall–Kier alpha value is -1.31. The van der Waals surface area contributed by atoms with Crippen LogP contribution in [-0.2, 0) is 4.79 Å². The van der Waals surface area contributed by atoms with Crippen molar-refractivity contribution in [3.8, 4) is 0 Å². The van der Waals surface area contributed by atoms with Gasteiger partial charge in [-0.3, -0.25) is 4.79 Å². The molecule has 1 aromatic carbocycles. The predicted octanol–water partition coefficient (Wildman–Crippen LogP) is 3.73. The zero-order chi connectivity index (χ0) is 14.4. The molecule has 1 N–H and O–H groups in total. The number of hydrogen-bond acceptors (Lipinski definition) is 1. The molecule has 4 rings (SSSR count). The van der Waals surface area contributed by atoms with Crippen molar-refractivity contribution in [2.24, 2.45) is 23.7 Å². The number of hydrogen-bond donors (Lipinski definition) is 1. The number of amides is 1. The number of carbonyl (C=O) groups is 1. The smallest absolute Gasteiger partial charge is 0.223 e. The number of fused-ring (bicyclic) bond motifs is 2. The lowest BCUT2D eigenvalue weighted by atomic mass is 9.84. The van der Waals surface area contributed by atoms with Crippen LogP contribution in [0.5, 0.6) is 0 Å².